The van der Waals surface area contributed by atoms with Gasteiger partial charge in [-0.2, -0.15) is 0 Å². The lowest BCUT2D eigenvalue weighted by molar-refractivity contribution is -0.122. The average molecular weight is 197 g/mol. The second kappa shape index (κ2) is 4.23. The molecule has 0 aliphatic carbocycles. The molecule has 14 heavy (non-hydrogen) atoms. The van der Waals surface area contributed by atoms with Gasteiger partial charge in [0.1, 0.15) is 0 Å². The molecule has 0 bridgehead atoms. The third kappa shape index (κ3) is 2.56. The summed E-state index contributed by atoms with van der Waals surface area (Å²) >= 11 is 0. The third-order valence-corrected chi connectivity index (χ3v) is 2.28. The molecule has 5 heteroatoms. The van der Waals surface area contributed by atoms with Crippen molar-refractivity contribution in [2.75, 3.05) is 13.6 Å². The summed E-state index contributed by atoms with van der Waals surface area (Å²) in [5.41, 5.74) is 5.72. The van der Waals surface area contributed by atoms with Crippen LogP contribution in [0.15, 0.2) is 12.3 Å². The fourth-order valence-corrected chi connectivity index (χ4v) is 1.61. The van der Waals surface area contributed by atoms with Gasteiger partial charge < -0.3 is 11.1 Å². The summed E-state index contributed by atoms with van der Waals surface area (Å²) in [6, 6.07) is 0.0141. The van der Waals surface area contributed by atoms with E-state index in [1.165, 1.54) is 0 Å². The molecule has 0 radical (unpaired) electrons. The number of hydrogen-bond donors (Lipinski definition) is 2. The first-order chi connectivity index (χ1) is 6.50. The number of carbonyl (C=O) groups is 2. The zero-order valence-electron chi connectivity index (χ0n) is 8.25. The number of hydrogen-bond acceptors (Lipinski definition) is 3. The van der Waals surface area contributed by atoms with Gasteiger partial charge in [0.2, 0.25) is 11.8 Å². The smallest absolute Gasteiger partial charge is 0.231 e. The minimum absolute atomic E-state index is 0.0141. The minimum Gasteiger partial charge on any atom is -0.369 e. The van der Waals surface area contributed by atoms with Crippen LogP contribution in [0.2, 0.25) is 0 Å². The van der Waals surface area contributed by atoms with Crippen LogP contribution in [0, 0.1) is 0 Å². The summed E-state index contributed by atoms with van der Waals surface area (Å²) in [7, 11) is 1.79. The molecule has 1 saturated heterocycles. The van der Waals surface area contributed by atoms with E-state index in [0.29, 0.717) is 18.5 Å². The van der Waals surface area contributed by atoms with E-state index < -0.39 is 0 Å². The highest BCUT2D eigenvalue weighted by Crippen LogP contribution is 2.16. The van der Waals surface area contributed by atoms with Crippen molar-refractivity contribution in [1.29, 1.82) is 0 Å². The van der Waals surface area contributed by atoms with E-state index >= 15 is 0 Å². The van der Waals surface area contributed by atoms with E-state index in [0.717, 1.165) is 0 Å². The van der Waals surface area contributed by atoms with Crippen LogP contribution in [0.25, 0.3) is 0 Å². The first-order valence-corrected chi connectivity index (χ1v) is 4.48. The molecule has 0 aromatic rings. The van der Waals surface area contributed by atoms with Gasteiger partial charge in [-0.05, 0) is 13.5 Å². The number of primary amides is 1. The monoisotopic (exact) mass is 197 g/mol. The van der Waals surface area contributed by atoms with Crippen LogP contribution >= 0.6 is 0 Å². The van der Waals surface area contributed by atoms with Crippen molar-refractivity contribution in [2.45, 2.75) is 18.9 Å². The van der Waals surface area contributed by atoms with Gasteiger partial charge in [-0.1, -0.05) is 6.58 Å². The Kier molecular flexibility index (Phi) is 3.24. The van der Waals surface area contributed by atoms with Gasteiger partial charge in [0.05, 0.1) is 12.6 Å². The number of amides is 2. The minimum atomic E-state index is -0.378. The molecule has 0 saturated carbocycles. The molecule has 3 N–H and O–H groups in total. The van der Waals surface area contributed by atoms with Crippen molar-refractivity contribution >= 4 is 11.8 Å². The van der Waals surface area contributed by atoms with Crippen LogP contribution < -0.4 is 11.1 Å². The summed E-state index contributed by atoms with van der Waals surface area (Å²) in [6.07, 6.45) is 1.15. The number of rotatable bonds is 3. The normalized spacial score (nSPS) is 22.3. The lowest BCUT2D eigenvalue weighted by Crippen LogP contribution is -2.46. The van der Waals surface area contributed by atoms with Gasteiger partial charge >= 0.3 is 0 Å². The Balaban J connectivity index is 2.55. The molecule has 1 aliphatic heterocycles. The Bertz CT molecular complexity index is 275. The zero-order chi connectivity index (χ0) is 10.7. The fourth-order valence-electron chi connectivity index (χ4n) is 1.61. The molecule has 5 nitrogen and oxygen atoms in total. The van der Waals surface area contributed by atoms with Crippen LogP contribution in [0.5, 0.6) is 0 Å². The van der Waals surface area contributed by atoms with E-state index in [9.17, 15) is 9.59 Å². The maximum atomic E-state index is 11.0. The van der Waals surface area contributed by atoms with Crippen LogP contribution in [0.1, 0.15) is 12.8 Å². The van der Waals surface area contributed by atoms with Crippen molar-refractivity contribution in [3.05, 3.63) is 12.3 Å². The third-order valence-electron chi connectivity index (χ3n) is 2.28. The molecular formula is C9H15N3O2. The van der Waals surface area contributed by atoms with Gasteiger partial charge in [-0.3, -0.25) is 14.5 Å². The van der Waals surface area contributed by atoms with Crippen molar-refractivity contribution in [2.24, 2.45) is 5.73 Å². The molecule has 78 valence electrons. The Labute approximate surface area is 82.9 Å². The van der Waals surface area contributed by atoms with Crippen molar-refractivity contribution in [3.63, 3.8) is 0 Å². The van der Waals surface area contributed by atoms with Crippen LogP contribution in [-0.2, 0) is 9.59 Å². The molecule has 1 unspecified atom stereocenters. The van der Waals surface area contributed by atoms with E-state index in [1.54, 1.807) is 11.9 Å². The van der Waals surface area contributed by atoms with E-state index in [4.69, 9.17) is 5.73 Å². The second-order valence-corrected chi connectivity index (χ2v) is 3.51. The van der Waals surface area contributed by atoms with Crippen LogP contribution in [-0.4, -0.2) is 36.3 Å². The Morgan fingerprint density at radius 3 is 2.93 bits per heavy atom. The SMILES string of the molecule is C=C1NC(=O)CCC1N(C)CC(N)=O. The summed E-state index contributed by atoms with van der Waals surface area (Å²) in [6.45, 7) is 3.93. The summed E-state index contributed by atoms with van der Waals surface area (Å²) in [4.78, 5) is 23.5. The Hall–Kier alpha value is -1.36. The quantitative estimate of drug-likeness (QED) is 0.621. The number of piperidine rings is 1. The average Bonchev–Trinajstić information content (AvgIpc) is 2.01. The lowest BCUT2D eigenvalue weighted by atomic mass is 10.0. The summed E-state index contributed by atoms with van der Waals surface area (Å²) < 4.78 is 0. The van der Waals surface area contributed by atoms with Crippen molar-refractivity contribution < 1.29 is 9.59 Å². The van der Waals surface area contributed by atoms with Crippen LogP contribution in [0.4, 0.5) is 0 Å². The molecule has 1 fully saturated rings. The molecule has 1 aliphatic rings. The predicted octanol–water partition coefficient (Wildman–Crippen LogP) is -0.804. The number of nitrogens with one attached hydrogen (secondary N) is 1. The highest BCUT2D eigenvalue weighted by Gasteiger charge is 2.25. The Morgan fingerprint density at radius 1 is 1.79 bits per heavy atom. The zero-order valence-corrected chi connectivity index (χ0v) is 8.25. The van der Waals surface area contributed by atoms with E-state index in [-0.39, 0.29) is 24.4 Å². The topological polar surface area (TPSA) is 75.4 Å². The standard InChI is InChI=1S/C9H15N3O2/c1-6-7(3-4-9(14)11-6)12(2)5-8(10)13/h7H,1,3-5H2,2H3,(H2,10,13)(H,11,14). The maximum Gasteiger partial charge on any atom is 0.231 e. The van der Waals surface area contributed by atoms with Gasteiger partial charge in [-0.25, -0.2) is 0 Å². The molecule has 0 aromatic carbocycles. The summed E-state index contributed by atoms with van der Waals surface area (Å²) in [5.74, 6) is -0.393. The Morgan fingerprint density at radius 2 is 2.43 bits per heavy atom. The highest BCUT2D eigenvalue weighted by atomic mass is 16.2. The number of nitrogens with zero attached hydrogens (tertiary/aromatic N) is 1. The van der Waals surface area contributed by atoms with Crippen LogP contribution in [0.3, 0.4) is 0 Å². The van der Waals surface area contributed by atoms with E-state index in [1.807, 2.05) is 0 Å². The van der Waals surface area contributed by atoms with Gasteiger partial charge in [-0.15, -0.1) is 0 Å². The molecule has 2 amide bonds. The fraction of sp³-hybridized carbons (Fsp3) is 0.556. The largest absolute Gasteiger partial charge is 0.369 e. The predicted molar refractivity (Wildman–Crippen MR) is 52.1 cm³/mol. The molecule has 0 spiro atoms. The maximum absolute atomic E-state index is 11.0. The number of likely N-dealkylation sites (N-methyl/N-ethyl adjacent to an activating group) is 1. The molecule has 0 aromatic heterocycles. The number of carbonyl (C=O) groups excluding carboxylic acids is 2. The highest BCUT2D eigenvalue weighted by molar-refractivity contribution is 5.79. The molecule has 1 rings (SSSR count). The van der Waals surface area contributed by atoms with Gasteiger partial charge in [0.25, 0.3) is 0 Å². The van der Waals surface area contributed by atoms with E-state index in [2.05, 4.69) is 11.9 Å². The molecular weight excluding hydrogens is 182 g/mol. The molecule has 1 heterocycles. The van der Waals surface area contributed by atoms with Gasteiger partial charge in [0.15, 0.2) is 0 Å². The second-order valence-electron chi connectivity index (χ2n) is 3.51. The first-order valence-electron chi connectivity index (χ1n) is 4.48. The number of nitrogens with two attached hydrogens (primary N) is 1. The van der Waals surface area contributed by atoms with Crippen molar-refractivity contribution in [3.8, 4) is 0 Å². The summed E-state index contributed by atoms with van der Waals surface area (Å²) in [5, 5.41) is 2.66. The lowest BCUT2D eigenvalue weighted by Gasteiger charge is -2.32. The van der Waals surface area contributed by atoms with Gasteiger partial charge in [0, 0.05) is 12.1 Å². The van der Waals surface area contributed by atoms with Crippen molar-refractivity contribution in [1.82, 2.24) is 10.2 Å². The molecule has 1 atom stereocenters. The first kappa shape index (κ1) is 10.7.